The maximum absolute atomic E-state index is 12.4. The first-order chi connectivity index (χ1) is 11.5. The Balaban J connectivity index is 1.82. The highest BCUT2D eigenvalue weighted by atomic mass is 16.2. The van der Waals surface area contributed by atoms with Crippen LogP contribution < -0.4 is 5.32 Å². The highest BCUT2D eigenvalue weighted by molar-refractivity contribution is 5.93. The molecule has 1 aliphatic heterocycles. The quantitative estimate of drug-likeness (QED) is 0.746. The fourth-order valence-electron chi connectivity index (χ4n) is 2.53. The van der Waals surface area contributed by atoms with Crippen LogP contribution in [-0.2, 0) is 4.79 Å². The normalized spacial score (nSPS) is 14.8. The Kier molecular flexibility index (Phi) is 6.48. The Morgan fingerprint density at radius 3 is 2.25 bits per heavy atom. The van der Waals surface area contributed by atoms with E-state index in [1.807, 2.05) is 14.1 Å². The second-order valence-electron chi connectivity index (χ2n) is 6.18. The van der Waals surface area contributed by atoms with Crippen LogP contribution in [0.3, 0.4) is 0 Å². The lowest BCUT2D eigenvalue weighted by Gasteiger charge is -2.34. The van der Waals surface area contributed by atoms with E-state index in [2.05, 4.69) is 20.2 Å². The van der Waals surface area contributed by atoms with Crippen molar-refractivity contribution in [3.8, 4) is 0 Å². The van der Waals surface area contributed by atoms with Gasteiger partial charge in [0.15, 0.2) is 0 Å². The molecule has 2 heterocycles. The number of nitrogens with zero attached hydrogens (tertiary/aromatic N) is 5. The average molecular weight is 334 g/mol. The summed E-state index contributed by atoms with van der Waals surface area (Å²) < 4.78 is 0. The number of piperazine rings is 1. The average Bonchev–Trinajstić information content (AvgIpc) is 2.58. The van der Waals surface area contributed by atoms with Crippen molar-refractivity contribution in [2.24, 2.45) is 0 Å². The van der Waals surface area contributed by atoms with E-state index in [1.54, 1.807) is 29.1 Å². The zero-order valence-electron chi connectivity index (χ0n) is 14.7. The van der Waals surface area contributed by atoms with Gasteiger partial charge in [0.1, 0.15) is 0 Å². The Morgan fingerprint density at radius 1 is 1.12 bits per heavy atom. The van der Waals surface area contributed by atoms with Crippen molar-refractivity contribution in [3.05, 3.63) is 18.0 Å². The third kappa shape index (κ3) is 5.16. The molecular formula is C16H26N6O2. The molecule has 0 saturated carbocycles. The van der Waals surface area contributed by atoms with Gasteiger partial charge in [-0.25, -0.2) is 9.97 Å². The van der Waals surface area contributed by atoms with E-state index in [4.69, 9.17) is 0 Å². The molecule has 8 heteroatoms. The third-order valence-electron chi connectivity index (χ3n) is 3.98. The van der Waals surface area contributed by atoms with Gasteiger partial charge >= 0.3 is 0 Å². The fraction of sp³-hybridized carbons (Fsp3) is 0.625. The molecule has 0 aromatic carbocycles. The molecule has 2 amide bonds. The maximum Gasteiger partial charge on any atom is 0.257 e. The SMILES string of the molecule is CC(=O)N1CCN(C(=O)c2cnc(NCCCN(C)C)nc2)CC1. The standard InChI is InChI=1S/C16H26N6O2/c1-13(23)21-7-9-22(10-8-21)15(24)14-11-18-16(19-12-14)17-5-4-6-20(2)3/h11-12H,4-10H2,1-3H3,(H,17,18,19). The molecule has 1 fully saturated rings. The van der Waals surface area contributed by atoms with E-state index in [0.717, 1.165) is 19.5 Å². The number of carbonyl (C=O) groups excluding carboxylic acids is 2. The van der Waals surface area contributed by atoms with Crippen LogP contribution >= 0.6 is 0 Å². The van der Waals surface area contributed by atoms with Gasteiger partial charge in [0.2, 0.25) is 11.9 Å². The van der Waals surface area contributed by atoms with E-state index in [0.29, 0.717) is 37.7 Å². The number of anilines is 1. The molecule has 132 valence electrons. The van der Waals surface area contributed by atoms with Gasteiger partial charge in [-0.15, -0.1) is 0 Å². The molecule has 1 N–H and O–H groups in total. The number of hydrogen-bond acceptors (Lipinski definition) is 6. The van der Waals surface area contributed by atoms with Gasteiger partial charge in [0.05, 0.1) is 5.56 Å². The van der Waals surface area contributed by atoms with Crippen molar-refractivity contribution in [3.63, 3.8) is 0 Å². The van der Waals surface area contributed by atoms with Gasteiger partial charge in [-0.05, 0) is 27.1 Å². The summed E-state index contributed by atoms with van der Waals surface area (Å²) in [7, 11) is 4.07. The molecule has 0 aliphatic carbocycles. The molecule has 0 bridgehead atoms. The maximum atomic E-state index is 12.4. The molecule has 8 nitrogen and oxygen atoms in total. The van der Waals surface area contributed by atoms with E-state index >= 15 is 0 Å². The first-order valence-electron chi connectivity index (χ1n) is 8.23. The molecule has 1 aromatic heterocycles. The topological polar surface area (TPSA) is 81.7 Å². The van der Waals surface area contributed by atoms with E-state index in [9.17, 15) is 9.59 Å². The summed E-state index contributed by atoms with van der Waals surface area (Å²) in [5, 5.41) is 3.15. The lowest BCUT2D eigenvalue weighted by Crippen LogP contribution is -2.50. The van der Waals surface area contributed by atoms with Gasteiger partial charge in [0.25, 0.3) is 5.91 Å². The van der Waals surface area contributed by atoms with Crippen LogP contribution in [0, 0.1) is 0 Å². The van der Waals surface area contributed by atoms with Crippen LogP contribution in [-0.4, -0.2) is 89.8 Å². The number of carbonyl (C=O) groups is 2. The van der Waals surface area contributed by atoms with Crippen LogP contribution in [0.5, 0.6) is 0 Å². The van der Waals surface area contributed by atoms with Gasteiger partial charge in [-0.3, -0.25) is 9.59 Å². The summed E-state index contributed by atoms with van der Waals surface area (Å²) in [6, 6.07) is 0. The van der Waals surface area contributed by atoms with Gasteiger partial charge in [0, 0.05) is 52.0 Å². The van der Waals surface area contributed by atoms with Crippen molar-refractivity contribution in [2.45, 2.75) is 13.3 Å². The molecule has 0 radical (unpaired) electrons. The molecule has 1 aliphatic rings. The van der Waals surface area contributed by atoms with Crippen molar-refractivity contribution in [1.29, 1.82) is 0 Å². The number of hydrogen-bond donors (Lipinski definition) is 1. The van der Waals surface area contributed by atoms with Crippen molar-refractivity contribution < 1.29 is 9.59 Å². The van der Waals surface area contributed by atoms with Crippen molar-refractivity contribution in [1.82, 2.24) is 24.7 Å². The van der Waals surface area contributed by atoms with Crippen LogP contribution in [0.15, 0.2) is 12.4 Å². The Hall–Kier alpha value is -2.22. The minimum absolute atomic E-state index is 0.0510. The highest BCUT2D eigenvalue weighted by Gasteiger charge is 2.23. The van der Waals surface area contributed by atoms with Gasteiger partial charge < -0.3 is 20.0 Å². The Bertz CT molecular complexity index is 552. The molecule has 2 rings (SSSR count). The molecular weight excluding hydrogens is 308 g/mol. The largest absolute Gasteiger partial charge is 0.354 e. The lowest BCUT2D eigenvalue weighted by molar-refractivity contribution is -0.130. The monoisotopic (exact) mass is 334 g/mol. The molecule has 1 aromatic rings. The summed E-state index contributed by atoms with van der Waals surface area (Å²) in [5.74, 6) is 0.499. The number of rotatable bonds is 6. The van der Waals surface area contributed by atoms with Gasteiger partial charge in [-0.2, -0.15) is 0 Å². The molecule has 1 saturated heterocycles. The van der Waals surface area contributed by atoms with E-state index in [-0.39, 0.29) is 11.8 Å². The van der Waals surface area contributed by atoms with Crippen molar-refractivity contribution in [2.75, 3.05) is 58.7 Å². The number of amides is 2. The van der Waals surface area contributed by atoms with Crippen LogP contribution in [0.1, 0.15) is 23.7 Å². The first-order valence-corrected chi connectivity index (χ1v) is 8.23. The number of aromatic nitrogens is 2. The third-order valence-corrected chi connectivity index (χ3v) is 3.98. The Labute approximate surface area is 142 Å². The minimum Gasteiger partial charge on any atom is -0.354 e. The first kappa shape index (κ1) is 18.1. The molecule has 24 heavy (non-hydrogen) atoms. The smallest absolute Gasteiger partial charge is 0.257 e. The summed E-state index contributed by atoms with van der Waals surface area (Å²) in [4.78, 5) is 37.8. The second kappa shape index (κ2) is 8.58. The van der Waals surface area contributed by atoms with Crippen LogP contribution in [0.2, 0.25) is 0 Å². The molecule has 0 atom stereocenters. The highest BCUT2D eigenvalue weighted by Crippen LogP contribution is 2.09. The van der Waals surface area contributed by atoms with E-state index < -0.39 is 0 Å². The zero-order valence-corrected chi connectivity index (χ0v) is 14.7. The summed E-state index contributed by atoms with van der Waals surface area (Å²) in [6.07, 6.45) is 4.11. The predicted octanol–water partition coefficient (Wildman–Crippen LogP) is 0.145. The van der Waals surface area contributed by atoms with Crippen LogP contribution in [0.4, 0.5) is 5.95 Å². The Morgan fingerprint density at radius 2 is 1.71 bits per heavy atom. The minimum atomic E-state index is -0.0858. The van der Waals surface area contributed by atoms with E-state index in [1.165, 1.54) is 0 Å². The predicted molar refractivity (Wildman–Crippen MR) is 91.9 cm³/mol. The summed E-state index contributed by atoms with van der Waals surface area (Å²) in [6.45, 7) is 5.58. The van der Waals surface area contributed by atoms with Gasteiger partial charge in [-0.1, -0.05) is 0 Å². The summed E-state index contributed by atoms with van der Waals surface area (Å²) in [5.41, 5.74) is 0.477. The number of nitrogens with one attached hydrogen (secondary N) is 1. The fourth-order valence-corrected chi connectivity index (χ4v) is 2.53. The summed E-state index contributed by atoms with van der Waals surface area (Å²) >= 11 is 0. The second-order valence-corrected chi connectivity index (χ2v) is 6.18. The molecule has 0 spiro atoms. The zero-order chi connectivity index (χ0) is 17.5. The lowest BCUT2D eigenvalue weighted by atomic mass is 10.2. The van der Waals surface area contributed by atoms with Crippen molar-refractivity contribution >= 4 is 17.8 Å². The van der Waals surface area contributed by atoms with Crippen LogP contribution in [0.25, 0.3) is 0 Å². The molecule has 0 unspecified atom stereocenters.